The maximum Gasteiger partial charge on any atom is 0.241 e. The molecule has 7 nitrogen and oxygen atoms in total. The van der Waals surface area contributed by atoms with Crippen LogP contribution in [0.1, 0.15) is 45.5 Å². The molecule has 4 heterocycles. The Morgan fingerprint density at radius 3 is 2.68 bits per heavy atom. The van der Waals surface area contributed by atoms with Crippen LogP contribution >= 0.6 is 0 Å². The molecule has 1 aliphatic carbocycles. The van der Waals surface area contributed by atoms with Crippen LogP contribution in [0.3, 0.4) is 0 Å². The molecule has 1 fully saturated rings. The molecular weight excluding hydrogens is 350 g/mol. The Morgan fingerprint density at radius 2 is 1.93 bits per heavy atom. The monoisotopic (exact) mass is 375 g/mol. The topological polar surface area (TPSA) is 72.9 Å². The highest BCUT2D eigenvalue weighted by molar-refractivity contribution is 5.85. The number of aryl methyl sites for hydroxylation is 1. The summed E-state index contributed by atoms with van der Waals surface area (Å²) in [7, 11) is 0. The molecule has 1 saturated carbocycles. The first-order valence-electron chi connectivity index (χ1n) is 9.97. The van der Waals surface area contributed by atoms with Gasteiger partial charge in [0.25, 0.3) is 0 Å². The maximum absolute atomic E-state index is 4.64. The van der Waals surface area contributed by atoms with E-state index in [0.717, 1.165) is 39.5 Å². The summed E-state index contributed by atoms with van der Waals surface area (Å²) in [5, 5.41) is 8.07. The van der Waals surface area contributed by atoms with Crippen LogP contribution < -0.4 is 5.32 Å². The Bertz CT molecular complexity index is 1170. The van der Waals surface area contributed by atoms with Gasteiger partial charge in [-0.2, -0.15) is 0 Å². The molecule has 1 unspecified atom stereocenters. The minimum Gasteiger partial charge on any atom is -0.350 e. The number of hydrogen-bond acceptors (Lipinski definition) is 5. The molecule has 0 radical (unpaired) electrons. The molecule has 0 saturated heterocycles. The Labute approximate surface area is 163 Å². The van der Waals surface area contributed by atoms with Crippen LogP contribution in [-0.2, 0) is 0 Å². The average molecular weight is 375 g/mol. The highest BCUT2D eigenvalue weighted by atomic mass is 15.3. The van der Waals surface area contributed by atoms with Gasteiger partial charge in [0.2, 0.25) is 5.95 Å². The Balaban J connectivity index is 1.54. The first-order chi connectivity index (χ1) is 13.5. The highest BCUT2D eigenvalue weighted by Crippen LogP contribution is 2.34. The van der Waals surface area contributed by atoms with Gasteiger partial charge in [-0.25, -0.2) is 19.5 Å². The van der Waals surface area contributed by atoms with Crippen molar-refractivity contribution < 1.29 is 0 Å². The van der Waals surface area contributed by atoms with Crippen molar-refractivity contribution in [2.24, 2.45) is 5.92 Å². The quantitative estimate of drug-likeness (QED) is 0.565. The smallest absolute Gasteiger partial charge is 0.241 e. The van der Waals surface area contributed by atoms with Gasteiger partial charge in [0.05, 0.1) is 17.2 Å². The second-order valence-corrected chi connectivity index (χ2v) is 8.10. The minimum absolute atomic E-state index is 0.332. The zero-order valence-corrected chi connectivity index (χ0v) is 16.7. The summed E-state index contributed by atoms with van der Waals surface area (Å²) in [6.45, 7) is 8.56. The Morgan fingerprint density at radius 1 is 1.11 bits per heavy atom. The van der Waals surface area contributed by atoms with Crippen molar-refractivity contribution in [3.8, 4) is 11.1 Å². The van der Waals surface area contributed by atoms with Crippen molar-refractivity contribution in [3.05, 3.63) is 36.5 Å². The molecular formula is C21H25N7. The van der Waals surface area contributed by atoms with Crippen LogP contribution in [0.25, 0.3) is 27.8 Å². The van der Waals surface area contributed by atoms with Gasteiger partial charge in [0.1, 0.15) is 5.82 Å². The minimum atomic E-state index is 0.332. The summed E-state index contributed by atoms with van der Waals surface area (Å²) in [5.41, 5.74) is 4.94. The lowest BCUT2D eigenvalue weighted by Crippen LogP contribution is -2.19. The summed E-state index contributed by atoms with van der Waals surface area (Å²) in [6, 6.07) is 4.99. The van der Waals surface area contributed by atoms with Gasteiger partial charge in [0, 0.05) is 35.6 Å². The first kappa shape index (κ1) is 17.2. The highest BCUT2D eigenvalue weighted by Gasteiger charge is 2.28. The van der Waals surface area contributed by atoms with Crippen LogP contribution in [0, 0.1) is 12.8 Å². The van der Waals surface area contributed by atoms with E-state index >= 15 is 0 Å². The molecule has 7 heteroatoms. The van der Waals surface area contributed by atoms with Crippen molar-refractivity contribution in [1.82, 2.24) is 29.1 Å². The molecule has 0 bridgehead atoms. The van der Waals surface area contributed by atoms with Crippen molar-refractivity contribution in [2.45, 2.75) is 52.6 Å². The second-order valence-electron chi connectivity index (χ2n) is 8.10. The number of aromatic nitrogens is 6. The first-order valence-corrected chi connectivity index (χ1v) is 9.97. The van der Waals surface area contributed by atoms with E-state index in [9.17, 15) is 0 Å². The molecule has 4 aromatic rings. The molecule has 4 aromatic heterocycles. The fourth-order valence-electron chi connectivity index (χ4n) is 4.02. The summed E-state index contributed by atoms with van der Waals surface area (Å²) < 4.78 is 4.11. The van der Waals surface area contributed by atoms with Gasteiger partial charge in [0.15, 0.2) is 5.65 Å². The molecule has 0 aromatic carbocycles. The molecule has 0 amide bonds. The molecule has 1 atom stereocenters. The Hall–Kier alpha value is -2.96. The van der Waals surface area contributed by atoms with E-state index < -0.39 is 0 Å². The van der Waals surface area contributed by atoms with E-state index in [4.69, 9.17) is 0 Å². The number of fused-ring (bicyclic) bond motifs is 2. The van der Waals surface area contributed by atoms with Gasteiger partial charge < -0.3 is 9.88 Å². The number of nitrogens with one attached hydrogen (secondary N) is 1. The summed E-state index contributed by atoms with van der Waals surface area (Å²) in [6.07, 6.45) is 8.35. The zero-order chi connectivity index (χ0) is 19.4. The van der Waals surface area contributed by atoms with Crippen LogP contribution in [0.15, 0.2) is 30.7 Å². The van der Waals surface area contributed by atoms with Gasteiger partial charge in [-0.05, 0) is 58.6 Å². The van der Waals surface area contributed by atoms with Crippen LogP contribution in [0.5, 0.6) is 0 Å². The number of nitrogens with zero attached hydrogens (tertiary/aromatic N) is 6. The number of rotatable bonds is 5. The van der Waals surface area contributed by atoms with Crippen LogP contribution in [0.4, 0.5) is 5.95 Å². The zero-order valence-electron chi connectivity index (χ0n) is 16.7. The van der Waals surface area contributed by atoms with Crippen molar-refractivity contribution >= 4 is 22.6 Å². The van der Waals surface area contributed by atoms with E-state index in [1.165, 1.54) is 12.8 Å². The van der Waals surface area contributed by atoms with Gasteiger partial charge in [-0.1, -0.05) is 0 Å². The van der Waals surface area contributed by atoms with Crippen LogP contribution in [-0.4, -0.2) is 35.2 Å². The fraction of sp³-hybridized carbons (Fsp3) is 0.429. The number of anilines is 1. The standard InChI is InChI=1S/C21H25N7/c1-12(2)28-14(4)25-20-18(28)9-16(10-22-20)17-7-8-27-19(17)11-23-21(26-27)24-13(3)15-5-6-15/h7-13,15H,5-6H2,1-4H3,(H,24,26). The van der Waals surface area contributed by atoms with E-state index in [-0.39, 0.29) is 0 Å². The third-order valence-corrected chi connectivity index (χ3v) is 5.65. The molecule has 5 rings (SSSR count). The van der Waals surface area contributed by atoms with Crippen molar-refractivity contribution in [3.63, 3.8) is 0 Å². The molecule has 144 valence electrons. The molecule has 28 heavy (non-hydrogen) atoms. The molecule has 1 aliphatic rings. The van der Waals surface area contributed by atoms with E-state index in [2.05, 4.69) is 62.8 Å². The van der Waals surface area contributed by atoms with E-state index in [1.807, 2.05) is 30.0 Å². The fourth-order valence-corrected chi connectivity index (χ4v) is 4.02. The largest absolute Gasteiger partial charge is 0.350 e. The van der Waals surface area contributed by atoms with Crippen LogP contribution in [0.2, 0.25) is 0 Å². The predicted molar refractivity (Wildman–Crippen MR) is 110 cm³/mol. The lowest BCUT2D eigenvalue weighted by Gasteiger charge is -2.12. The average Bonchev–Trinajstić information content (AvgIpc) is 3.35. The van der Waals surface area contributed by atoms with Crippen molar-refractivity contribution in [1.29, 1.82) is 0 Å². The van der Waals surface area contributed by atoms with Gasteiger partial charge in [-0.3, -0.25) is 0 Å². The number of imidazole rings is 1. The van der Waals surface area contributed by atoms with E-state index in [0.29, 0.717) is 18.0 Å². The predicted octanol–water partition coefficient (Wildman–Crippen LogP) is 4.24. The maximum atomic E-state index is 4.64. The normalized spacial score (nSPS) is 15.6. The lowest BCUT2D eigenvalue weighted by molar-refractivity contribution is 0.600. The number of hydrogen-bond donors (Lipinski definition) is 1. The van der Waals surface area contributed by atoms with Gasteiger partial charge in [-0.15, -0.1) is 5.10 Å². The molecule has 0 spiro atoms. The Kier molecular flexibility index (Phi) is 3.86. The number of pyridine rings is 1. The summed E-state index contributed by atoms with van der Waals surface area (Å²) in [4.78, 5) is 13.7. The van der Waals surface area contributed by atoms with Gasteiger partial charge >= 0.3 is 0 Å². The summed E-state index contributed by atoms with van der Waals surface area (Å²) >= 11 is 0. The molecule has 1 N–H and O–H groups in total. The third-order valence-electron chi connectivity index (χ3n) is 5.65. The summed E-state index contributed by atoms with van der Waals surface area (Å²) in [5.74, 6) is 2.42. The lowest BCUT2D eigenvalue weighted by atomic mass is 10.1. The third kappa shape index (κ3) is 2.82. The molecule has 0 aliphatic heterocycles. The van der Waals surface area contributed by atoms with Crippen molar-refractivity contribution in [2.75, 3.05) is 5.32 Å². The SMILES string of the molecule is Cc1nc2ncc(-c3ccn4nc(NC(C)C5CC5)ncc34)cc2n1C(C)C. The second kappa shape index (κ2) is 6.29. The van der Waals surface area contributed by atoms with E-state index in [1.54, 1.807) is 0 Å².